The van der Waals surface area contributed by atoms with Crippen molar-refractivity contribution < 1.29 is 8.83 Å². The summed E-state index contributed by atoms with van der Waals surface area (Å²) in [6.45, 7) is 3.61. The lowest BCUT2D eigenvalue weighted by molar-refractivity contribution is 0.504. The van der Waals surface area contributed by atoms with Gasteiger partial charge in [0.15, 0.2) is 11.5 Å². The lowest BCUT2D eigenvalue weighted by Crippen LogP contribution is -1.84. The molecule has 0 aliphatic rings. The number of rotatable bonds is 1. The van der Waals surface area contributed by atoms with Crippen LogP contribution in [0, 0.1) is 13.8 Å². The predicted octanol–water partition coefficient (Wildman–Crippen LogP) is 3.34. The maximum atomic E-state index is 5.94. The summed E-state index contributed by atoms with van der Waals surface area (Å²) in [5.41, 5.74) is 8.11. The molecule has 0 aliphatic heterocycles. The first-order chi connectivity index (χ1) is 8.54. The number of aryl methyl sites for hydroxylation is 2. The molecule has 2 heterocycles. The molecule has 3 aromatic rings. The molecule has 0 fully saturated rings. The molecule has 1 aromatic carbocycles. The Kier molecular flexibility index (Phi) is 2.31. The molecular formula is C12H10ClN3O2. The number of oxazole rings is 2. The molecule has 18 heavy (non-hydrogen) atoms. The fraction of sp³-hybridized carbons (Fsp3) is 0.167. The summed E-state index contributed by atoms with van der Waals surface area (Å²) in [5, 5.41) is 0.452. The van der Waals surface area contributed by atoms with Gasteiger partial charge in [0.25, 0.3) is 5.89 Å². The number of nitrogen functional groups attached to an aromatic ring is 1. The molecule has 2 N–H and O–H groups in total. The van der Waals surface area contributed by atoms with Crippen molar-refractivity contribution >= 4 is 28.4 Å². The van der Waals surface area contributed by atoms with E-state index in [4.69, 9.17) is 26.2 Å². The van der Waals surface area contributed by atoms with Crippen LogP contribution in [0.2, 0.25) is 5.02 Å². The molecule has 0 bridgehead atoms. The Hall–Kier alpha value is -2.01. The minimum atomic E-state index is 0.379. The molecule has 5 nitrogen and oxygen atoms in total. The highest BCUT2D eigenvalue weighted by molar-refractivity contribution is 6.33. The SMILES string of the molecule is Cc1nc(C)c(-c2nc3cc(Cl)c(N)cc3o2)o1. The molecule has 92 valence electrons. The molecule has 2 aromatic heterocycles. The zero-order chi connectivity index (χ0) is 12.9. The molecule has 0 saturated carbocycles. The molecule has 0 spiro atoms. The Bertz CT molecular complexity index is 706. The van der Waals surface area contributed by atoms with Crippen molar-refractivity contribution in [3.63, 3.8) is 0 Å². The van der Waals surface area contributed by atoms with Gasteiger partial charge in [-0.25, -0.2) is 9.97 Å². The van der Waals surface area contributed by atoms with Crippen LogP contribution in [-0.4, -0.2) is 9.97 Å². The second-order valence-electron chi connectivity index (χ2n) is 4.01. The molecule has 0 amide bonds. The number of nitrogens with zero attached hydrogens (tertiary/aromatic N) is 2. The second kappa shape index (κ2) is 3.74. The lowest BCUT2D eigenvalue weighted by atomic mass is 10.3. The van der Waals surface area contributed by atoms with Crippen LogP contribution in [0.15, 0.2) is 21.0 Å². The molecule has 3 rings (SSSR count). The fourth-order valence-corrected chi connectivity index (χ4v) is 1.95. The monoisotopic (exact) mass is 263 g/mol. The standard InChI is InChI=1S/C12H10ClN3O2/c1-5-11(17-6(2)15-5)12-16-9-3-7(13)8(14)4-10(9)18-12/h3-4H,14H2,1-2H3. The van der Waals surface area contributed by atoms with Crippen molar-refractivity contribution in [2.75, 3.05) is 5.73 Å². The van der Waals surface area contributed by atoms with E-state index in [9.17, 15) is 0 Å². The van der Waals surface area contributed by atoms with Crippen molar-refractivity contribution in [1.82, 2.24) is 9.97 Å². The Labute approximate surface area is 108 Å². The van der Waals surface area contributed by atoms with Gasteiger partial charge in [-0.3, -0.25) is 0 Å². The van der Waals surface area contributed by atoms with Gasteiger partial charge < -0.3 is 14.6 Å². The van der Waals surface area contributed by atoms with E-state index in [0.29, 0.717) is 39.4 Å². The highest BCUT2D eigenvalue weighted by atomic mass is 35.5. The normalized spacial score (nSPS) is 11.3. The number of hydrogen-bond acceptors (Lipinski definition) is 5. The number of aromatic nitrogens is 2. The number of nitrogens with two attached hydrogens (primary N) is 1. The molecule has 0 radical (unpaired) electrons. The summed E-state index contributed by atoms with van der Waals surface area (Å²) in [4.78, 5) is 8.49. The zero-order valence-corrected chi connectivity index (χ0v) is 10.6. The van der Waals surface area contributed by atoms with E-state index in [-0.39, 0.29) is 0 Å². The van der Waals surface area contributed by atoms with Gasteiger partial charge in [0.2, 0.25) is 5.76 Å². The van der Waals surface area contributed by atoms with Crippen molar-refractivity contribution in [3.05, 3.63) is 28.7 Å². The van der Waals surface area contributed by atoms with Crippen LogP contribution in [0.1, 0.15) is 11.6 Å². The van der Waals surface area contributed by atoms with E-state index in [1.165, 1.54) is 0 Å². The van der Waals surface area contributed by atoms with Gasteiger partial charge in [0.1, 0.15) is 5.52 Å². The van der Waals surface area contributed by atoms with E-state index < -0.39 is 0 Å². The molecule has 0 unspecified atom stereocenters. The maximum absolute atomic E-state index is 5.94. The number of hydrogen-bond donors (Lipinski definition) is 1. The number of fused-ring (bicyclic) bond motifs is 1. The zero-order valence-electron chi connectivity index (χ0n) is 9.82. The van der Waals surface area contributed by atoms with Crippen LogP contribution in [0.5, 0.6) is 0 Å². The summed E-state index contributed by atoms with van der Waals surface area (Å²) in [6, 6.07) is 3.31. The van der Waals surface area contributed by atoms with E-state index >= 15 is 0 Å². The Morgan fingerprint density at radius 2 is 1.94 bits per heavy atom. The third-order valence-corrected chi connectivity index (χ3v) is 2.93. The quantitative estimate of drug-likeness (QED) is 0.681. The molecule has 0 aliphatic carbocycles. The van der Waals surface area contributed by atoms with Crippen LogP contribution in [0.4, 0.5) is 5.69 Å². The highest BCUT2D eigenvalue weighted by Gasteiger charge is 2.17. The van der Waals surface area contributed by atoms with Gasteiger partial charge in [0, 0.05) is 13.0 Å². The van der Waals surface area contributed by atoms with Crippen molar-refractivity contribution in [2.45, 2.75) is 13.8 Å². The average Bonchev–Trinajstić information content (AvgIpc) is 2.82. The average molecular weight is 264 g/mol. The van der Waals surface area contributed by atoms with Gasteiger partial charge >= 0.3 is 0 Å². The number of anilines is 1. The molecular weight excluding hydrogens is 254 g/mol. The van der Waals surface area contributed by atoms with Crippen LogP contribution in [0.25, 0.3) is 22.8 Å². The fourth-order valence-electron chi connectivity index (χ4n) is 1.79. The lowest BCUT2D eigenvalue weighted by Gasteiger charge is -1.94. The van der Waals surface area contributed by atoms with Crippen molar-refractivity contribution in [1.29, 1.82) is 0 Å². The van der Waals surface area contributed by atoms with Crippen molar-refractivity contribution in [2.24, 2.45) is 0 Å². The van der Waals surface area contributed by atoms with Gasteiger partial charge in [-0.05, 0) is 13.0 Å². The van der Waals surface area contributed by atoms with Gasteiger partial charge in [-0.2, -0.15) is 0 Å². The van der Waals surface area contributed by atoms with Crippen molar-refractivity contribution in [3.8, 4) is 11.7 Å². The van der Waals surface area contributed by atoms with Crippen LogP contribution < -0.4 is 5.73 Å². The molecule has 0 atom stereocenters. The summed E-state index contributed by atoms with van der Waals surface area (Å²) >= 11 is 5.94. The third-order valence-electron chi connectivity index (χ3n) is 2.60. The smallest absolute Gasteiger partial charge is 0.265 e. The van der Waals surface area contributed by atoms with E-state index in [1.807, 2.05) is 6.92 Å². The van der Waals surface area contributed by atoms with E-state index in [1.54, 1.807) is 19.1 Å². The van der Waals surface area contributed by atoms with Crippen LogP contribution in [0.3, 0.4) is 0 Å². The van der Waals surface area contributed by atoms with E-state index in [0.717, 1.165) is 5.69 Å². The third kappa shape index (κ3) is 1.64. The first-order valence-corrected chi connectivity index (χ1v) is 5.72. The summed E-state index contributed by atoms with van der Waals surface area (Å²) in [7, 11) is 0. The molecule has 0 saturated heterocycles. The maximum Gasteiger partial charge on any atom is 0.265 e. The van der Waals surface area contributed by atoms with Crippen LogP contribution >= 0.6 is 11.6 Å². The summed E-state index contributed by atoms with van der Waals surface area (Å²) in [5.74, 6) is 1.48. The minimum absolute atomic E-state index is 0.379. The first kappa shape index (κ1) is 11.1. The van der Waals surface area contributed by atoms with Gasteiger partial charge in [0.05, 0.1) is 16.4 Å². The van der Waals surface area contributed by atoms with Crippen LogP contribution in [-0.2, 0) is 0 Å². The second-order valence-corrected chi connectivity index (χ2v) is 4.42. The topological polar surface area (TPSA) is 78.1 Å². The Morgan fingerprint density at radius 1 is 1.17 bits per heavy atom. The summed E-state index contributed by atoms with van der Waals surface area (Å²) < 4.78 is 11.1. The summed E-state index contributed by atoms with van der Waals surface area (Å²) in [6.07, 6.45) is 0. The minimum Gasteiger partial charge on any atom is -0.436 e. The Balaban J connectivity index is 2.22. The molecule has 6 heteroatoms. The van der Waals surface area contributed by atoms with Gasteiger partial charge in [-0.15, -0.1) is 0 Å². The number of benzene rings is 1. The predicted molar refractivity (Wildman–Crippen MR) is 68.4 cm³/mol. The van der Waals surface area contributed by atoms with Gasteiger partial charge in [-0.1, -0.05) is 11.6 Å². The highest BCUT2D eigenvalue weighted by Crippen LogP contribution is 2.31. The van der Waals surface area contributed by atoms with E-state index in [2.05, 4.69) is 9.97 Å². The Morgan fingerprint density at radius 3 is 2.61 bits per heavy atom. The largest absolute Gasteiger partial charge is 0.436 e. The first-order valence-electron chi connectivity index (χ1n) is 5.34. The number of halogens is 1.